The van der Waals surface area contributed by atoms with Gasteiger partial charge in [-0.2, -0.15) is 5.10 Å². The molecule has 2 aromatic heterocycles. The lowest BCUT2D eigenvalue weighted by molar-refractivity contribution is 0.618. The van der Waals surface area contributed by atoms with Gasteiger partial charge in [-0.1, -0.05) is 17.7 Å². The monoisotopic (exact) mass is 279 g/mol. The molecule has 5 nitrogen and oxygen atoms in total. The second-order valence-corrected chi connectivity index (χ2v) is 4.67. The molecule has 19 heavy (non-hydrogen) atoms. The lowest BCUT2D eigenvalue weighted by Crippen LogP contribution is -2.06. The van der Waals surface area contributed by atoms with E-state index in [-0.39, 0.29) is 16.7 Å². The average molecular weight is 280 g/mol. The van der Waals surface area contributed by atoms with Crippen molar-refractivity contribution in [3.63, 3.8) is 0 Å². The fourth-order valence-corrected chi connectivity index (χ4v) is 2.36. The van der Waals surface area contributed by atoms with Crippen molar-refractivity contribution in [2.24, 2.45) is 7.05 Å². The molecular weight excluding hydrogens is 269 g/mol. The van der Waals surface area contributed by atoms with Crippen molar-refractivity contribution in [1.82, 2.24) is 19.3 Å². The summed E-state index contributed by atoms with van der Waals surface area (Å²) in [6, 6.07) is 4.75. The van der Waals surface area contributed by atoms with Gasteiger partial charge >= 0.3 is 0 Å². The van der Waals surface area contributed by atoms with Crippen LogP contribution >= 0.6 is 11.6 Å². The van der Waals surface area contributed by atoms with E-state index in [9.17, 15) is 4.39 Å². The van der Waals surface area contributed by atoms with E-state index in [0.29, 0.717) is 11.2 Å². The maximum Gasteiger partial charge on any atom is 0.207 e. The number of hydrogen-bond acceptors (Lipinski definition) is 3. The van der Waals surface area contributed by atoms with E-state index in [1.807, 2.05) is 6.92 Å². The first-order valence-electron chi connectivity index (χ1n) is 5.62. The number of nitrogen functional groups attached to an aromatic ring is 1. The highest BCUT2D eigenvalue weighted by atomic mass is 35.5. The van der Waals surface area contributed by atoms with Gasteiger partial charge in [0, 0.05) is 7.05 Å². The summed E-state index contributed by atoms with van der Waals surface area (Å²) in [5, 5.41) is 4.29. The van der Waals surface area contributed by atoms with Crippen molar-refractivity contribution in [3.05, 3.63) is 34.7 Å². The molecule has 0 atom stereocenters. The van der Waals surface area contributed by atoms with Crippen LogP contribution in [0.4, 0.5) is 10.3 Å². The van der Waals surface area contributed by atoms with E-state index >= 15 is 0 Å². The molecule has 7 heteroatoms. The fourth-order valence-electron chi connectivity index (χ4n) is 2.19. The molecule has 3 rings (SSSR count). The topological polar surface area (TPSA) is 61.7 Å². The maximum absolute atomic E-state index is 14.1. The number of anilines is 1. The van der Waals surface area contributed by atoms with Gasteiger partial charge in [0.2, 0.25) is 5.95 Å². The third-order valence-corrected chi connectivity index (χ3v) is 3.29. The summed E-state index contributed by atoms with van der Waals surface area (Å²) in [5.41, 5.74) is 8.18. The molecule has 0 fully saturated rings. The van der Waals surface area contributed by atoms with Crippen molar-refractivity contribution in [1.29, 1.82) is 0 Å². The van der Waals surface area contributed by atoms with Crippen molar-refractivity contribution in [2.45, 2.75) is 6.92 Å². The standard InChI is InChI=1S/C12H11ClFN5/c1-6-10-11(18(2)17-6)19(12(15)16-10)8-5-3-4-7(13)9(8)14/h3-5H,1-2H3,(H2,15,16). The molecule has 0 saturated heterocycles. The second kappa shape index (κ2) is 3.96. The summed E-state index contributed by atoms with van der Waals surface area (Å²) in [6.45, 7) is 1.83. The Morgan fingerprint density at radius 1 is 1.37 bits per heavy atom. The Bertz CT molecular complexity index is 789. The third kappa shape index (κ3) is 1.60. The van der Waals surface area contributed by atoms with Gasteiger partial charge < -0.3 is 5.73 Å². The van der Waals surface area contributed by atoms with E-state index in [4.69, 9.17) is 17.3 Å². The molecule has 98 valence electrons. The summed E-state index contributed by atoms with van der Waals surface area (Å²) in [5.74, 6) is -0.332. The first-order valence-corrected chi connectivity index (χ1v) is 6.00. The van der Waals surface area contributed by atoms with Gasteiger partial charge in [-0.15, -0.1) is 0 Å². The Hall–Kier alpha value is -2.08. The molecule has 0 saturated carbocycles. The molecule has 0 spiro atoms. The number of hydrogen-bond donors (Lipinski definition) is 1. The van der Waals surface area contributed by atoms with Gasteiger partial charge in [0.15, 0.2) is 11.5 Å². The van der Waals surface area contributed by atoms with E-state index in [1.54, 1.807) is 23.9 Å². The molecule has 0 unspecified atom stereocenters. The molecule has 0 amide bonds. The van der Waals surface area contributed by atoms with Crippen LogP contribution in [0.5, 0.6) is 0 Å². The summed E-state index contributed by atoms with van der Waals surface area (Å²) >= 11 is 5.81. The number of aryl methyl sites for hydroxylation is 2. The molecule has 0 aliphatic rings. The number of halogens is 2. The van der Waals surface area contributed by atoms with Gasteiger partial charge in [-0.3, -0.25) is 4.57 Å². The predicted molar refractivity (Wildman–Crippen MR) is 72.0 cm³/mol. The smallest absolute Gasteiger partial charge is 0.207 e. The minimum atomic E-state index is -0.533. The molecule has 3 aromatic rings. The molecule has 0 aliphatic carbocycles. The Morgan fingerprint density at radius 3 is 2.84 bits per heavy atom. The van der Waals surface area contributed by atoms with Crippen molar-refractivity contribution in [3.8, 4) is 5.69 Å². The van der Waals surface area contributed by atoms with Crippen LogP contribution < -0.4 is 5.73 Å². The van der Waals surface area contributed by atoms with E-state index in [1.165, 1.54) is 10.6 Å². The Balaban J connectivity index is 2.42. The van der Waals surface area contributed by atoms with Gasteiger partial charge in [0.25, 0.3) is 0 Å². The largest absolute Gasteiger partial charge is 0.369 e. The van der Waals surface area contributed by atoms with E-state index in [0.717, 1.165) is 5.69 Å². The zero-order chi connectivity index (χ0) is 13.7. The van der Waals surface area contributed by atoms with Crippen LogP contribution in [-0.4, -0.2) is 19.3 Å². The maximum atomic E-state index is 14.1. The zero-order valence-electron chi connectivity index (χ0n) is 10.4. The van der Waals surface area contributed by atoms with Crippen LogP contribution in [0.25, 0.3) is 16.9 Å². The van der Waals surface area contributed by atoms with Crippen LogP contribution in [0.2, 0.25) is 5.02 Å². The number of fused-ring (bicyclic) bond motifs is 1. The molecular formula is C12H11ClFN5. The van der Waals surface area contributed by atoms with Crippen molar-refractivity contribution >= 4 is 28.7 Å². The first kappa shape index (κ1) is 12.0. The summed E-state index contributed by atoms with van der Waals surface area (Å²) in [7, 11) is 1.76. The average Bonchev–Trinajstić information content (AvgIpc) is 2.82. The Morgan fingerprint density at radius 2 is 2.11 bits per heavy atom. The van der Waals surface area contributed by atoms with Gasteiger partial charge in [-0.25, -0.2) is 14.1 Å². The van der Waals surface area contributed by atoms with Gasteiger partial charge in [0.05, 0.1) is 16.4 Å². The van der Waals surface area contributed by atoms with Crippen LogP contribution in [-0.2, 0) is 7.05 Å². The predicted octanol–water partition coefficient (Wildman–Crippen LogP) is 2.44. The number of nitrogens with zero attached hydrogens (tertiary/aromatic N) is 4. The van der Waals surface area contributed by atoms with Crippen molar-refractivity contribution < 1.29 is 4.39 Å². The number of benzene rings is 1. The molecule has 0 bridgehead atoms. The van der Waals surface area contributed by atoms with Gasteiger partial charge in [0.1, 0.15) is 5.52 Å². The molecule has 1 aromatic carbocycles. The van der Waals surface area contributed by atoms with Crippen LogP contribution in [0.1, 0.15) is 5.69 Å². The fraction of sp³-hybridized carbons (Fsp3) is 0.167. The number of imidazole rings is 1. The third-order valence-electron chi connectivity index (χ3n) is 3.00. The minimum Gasteiger partial charge on any atom is -0.369 e. The lowest BCUT2D eigenvalue weighted by Gasteiger charge is -2.08. The normalized spacial score (nSPS) is 11.4. The highest BCUT2D eigenvalue weighted by Crippen LogP contribution is 2.28. The van der Waals surface area contributed by atoms with Crippen LogP contribution in [0.15, 0.2) is 18.2 Å². The number of aromatic nitrogens is 4. The van der Waals surface area contributed by atoms with Crippen LogP contribution in [0.3, 0.4) is 0 Å². The van der Waals surface area contributed by atoms with Crippen LogP contribution in [0, 0.1) is 12.7 Å². The first-order chi connectivity index (χ1) is 9.00. The van der Waals surface area contributed by atoms with E-state index in [2.05, 4.69) is 10.1 Å². The summed E-state index contributed by atoms with van der Waals surface area (Å²) in [4.78, 5) is 4.23. The summed E-state index contributed by atoms with van der Waals surface area (Å²) in [6.07, 6.45) is 0. The molecule has 0 radical (unpaired) electrons. The molecule has 0 aliphatic heterocycles. The highest BCUT2D eigenvalue weighted by molar-refractivity contribution is 6.30. The SMILES string of the molecule is Cc1nn(C)c2c1nc(N)n2-c1cccc(Cl)c1F. The minimum absolute atomic E-state index is 0.0395. The van der Waals surface area contributed by atoms with Gasteiger partial charge in [-0.05, 0) is 19.1 Å². The molecule has 2 N–H and O–H groups in total. The number of nitrogens with two attached hydrogens (primary N) is 1. The van der Waals surface area contributed by atoms with E-state index < -0.39 is 5.82 Å². The second-order valence-electron chi connectivity index (χ2n) is 4.26. The Labute approximate surface area is 113 Å². The Kier molecular flexibility index (Phi) is 2.50. The summed E-state index contributed by atoms with van der Waals surface area (Å²) < 4.78 is 17.3. The zero-order valence-corrected chi connectivity index (χ0v) is 11.1. The molecule has 2 heterocycles. The quantitative estimate of drug-likeness (QED) is 0.744. The number of rotatable bonds is 1. The lowest BCUT2D eigenvalue weighted by atomic mass is 10.3. The van der Waals surface area contributed by atoms with Crippen molar-refractivity contribution in [2.75, 3.05) is 5.73 Å². The highest BCUT2D eigenvalue weighted by Gasteiger charge is 2.19.